The van der Waals surface area contributed by atoms with Crippen molar-refractivity contribution in [2.24, 2.45) is 0 Å². The molecule has 4 aromatic rings. The largest absolute Gasteiger partial charge is 0.486 e. The van der Waals surface area contributed by atoms with Gasteiger partial charge in [0.2, 0.25) is 0 Å². The van der Waals surface area contributed by atoms with Crippen LogP contribution in [0.1, 0.15) is 22.7 Å². The minimum atomic E-state index is 0.522. The van der Waals surface area contributed by atoms with Gasteiger partial charge in [-0.25, -0.2) is 4.98 Å². The average Bonchev–Trinajstić information content (AvgIpc) is 3.34. The van der Waals surface area contributed by atoms with Crippen LogP contribution in [0.2, 0.25) is 0 Å². The minimum absolute atomic E-state index is 0.522. The van der Waals surface area contributed by atoms with E-state index in [-0.39, 0.29) is 0 Å². The molecule has 28 heavy (non-hydrogen) atoms. The average molecular weight is 392 g/mol. The zero-order valence-corrected chi connectivity index (χ0v) is 16.9. The summed E-state index contributed by atoms with van der Waals surface area (Å²) in [5.41, 5.74) is 3.62. The number of hydrogen-bond acceptors (Lipinski definition) is 4. The minimum Gasteiger partial charge on any atom is -0.486 e. The number of aromatic nitrogens is 2. The van der Waals surface area contributed by atoms with E-state index in [0.717, 1.165) is 42.5 Å². The van der Waals surface area contributed by atoms with Crippen molar-refractivity contribution in [1.82, 2.24) is 14.9 Å². The van der Waals surface area contributed by atoms with Gasteiger partial charge in [-0.2, -0.15) is 0 Å². The molecule has 0 aliphatic rings. The van der Waals surface area contributed by atoms with E-state index in [0.29, 0.717) is 6.61 Å². The lowest BCUT2D eigenvalue weighted by molar-refractivity contribution is 0.305. The molecule has 4 rings (SSSR count). The molecule has 0 saturated carbocycles. The molecule has 5 heteroatoms. The Morgan fingerprint density at radius 3 is 2.82 bits per heavy atom. The number of thiazole rings is 1. The molecule has 0 atom stereocenters. The summed E-state index contributed by atoms with van der Waals surface area (Å²) in [5.74, 6) is 0.887. The maximum Gasteiger partial charge on any atom is 0.140 e. The van der Waals surface area contributed by atoms with Gasteiger partial charge in [0, 0.05) is 30.2 Å². The van der Waals surface area contributed by atoms with Crippen molar-refractivity contribution < 1.29 is 4.74 Å². The first-order chi connectivity index (χ1) is 13.8. The fourth-order valence-electron chi connectivity index (χ4n) is 3.20. The molecule has 2 aromatic heterocycles. The Morgan fingerprint density at radius 1 is 1.07 bits per heavy atom. The molecule has 0 saturated heterocycles. The molecule has 0 aliphatic heterocycles. The molecule has 0 fully saturated rings. The number of fused-ring (bicyclic) bond motifs is 1. The molecule has 0 bridgehead atoms. The van der Waals surface area contributed by atoms with Gasteiger partial charge in [0.25, 0.3) is 0 Å². The number of nitrogens with zero attached hydrogens (tertiary/aromatic N) is 2. The lowest BCUT2D eigenvalue weighted by atomic mass is 10.2. The van der Waals surface area contributed by atoms with Crippen LogP contribution in [0.3, 0.4) is 0 Å². The van der Waals surface area contributed by atoms with Crippen molar-refractivity contribution in [3.05, 3.63) is 82.4 Å². The Hall–Kier alpha value is -2.63. The first-order valence-electron chi connectivity index (χ1n) is 9.65. The summed E-state index contributed by atoms with van der Waals surface area (Å²) in [4.78, 5) is 4.66. The Balaban J connectivity index is 1.18. The van der Waals surface area contributed by atoms with Crippen LogP contribution in [0.15, 0.2) is 66.2 Å². The summed E-state index contributed by atoms with van der Waals surface area (Å²) < 4.78 is 8.12. The molecule has 0 aliphatic carbocycles. The highest BCUT2D eigenvalue weighted by molar-refractivity contribution is 7.09. The van der Waals surface area contributed by atoms with E-state index in [2.05, 4.69) is 75.8 Å². The Kier molecular flexibility index (Phi) is 6.04. The number of benzene rings is 2. The van der Waals surface area contributed by atoms with E-state index in [1.165, 1.54) is 16.5 Å². The first-order valence-corrected chi connectivity index (χ1v) is 10.5. The number of nitrogens with one attached hydrogen (secondary N) is 1. The summed E-state index contributed by atoms with van der Waals surface area (Å²) in [6, 6.07) is 18.8. The normalized spacial score (nSPS) is 11.2. The Labute approximate surface area is 169 Å². The van der Waals surface area contributed by atoms with Crippen LogP contribution < -0.4 is 10.1 Å². The van der Waals surface area contributed by atoms with Crippen LogP contribution in [0.4, 0.5) is 0 Å². The fraction of sp³-hybridized carbons (Fsp3) is 0.261. The third kappa shape index (κ3) is 4.80. The molecule has 0 amide bonds. The smallest absolute Gasteiger partial charge is 0.140 e. The summed E-state index contributed by atoms with van der Waals surface area (Å²) in [7, 11) is 0. The van der Waals surface area contributed by atoms with Gasteiger partial charge in [0.05, 0.1) is 5.69 Å². The van der Waals surface area contributed by atoms with Gasteiger partial charge >= 0.3 is 0 Å². The standard InChI is InChI=1S/C23H25N3OS/c1-18-7-9-21(10-8-18)27-16-23-25-20(17-28-23)15-24-12-4-13-26-14-11-19-5-2-3-6-22(19)26/h2-3,5-11,14,17,24H,4,12-13,15-16H2,1H3. The lowest BCUT2D eigenvalue weighted by Crippen LogP contribution is -2.16. The zero-order chi connectivity index (χ0) is 19.2. The van der Waals surface area contributed by atoms with E-state index in [1.54, 1.807) is 11.3 Å². The lowest BCUT2D eigenvalue weighted by Gasteiger charge is -2.06. The molecular weight excluding hydrogens is 366 g/mol. The third-order valence-electron chi connectivity index (χ3n) is 4.72. The second-order valence-corrected chi connectivity index (χ2v) is 7.88. The molecule has 2 heterocycles. The second-order valence-electron chi connectivity index (χ2n) is 6.93. The Bertz CT molecular complexity index is 1020. The maximum atomic E-state index is 5.80. The first kappa shape index (κ1) is 18.7. The van der Waals surface area contributed by atoms with Crippen LogP contribution in [-0.4, -0.2) is 16.1 Å². The van der Waals surface area contributed by atoms with Crippen molar-refractivity contribution in [1.29, 1.82) is 0 Å². The highest BCUT2D eigenvalue weighted by atomic mass is 32.1. The van der Waals surface area contributed by atoms with E-state index in [1.807, 2.05) is 12.1 Å². The van der Waals surface area contributed by atoms with Gasteiger partial charge in [0.15, 0.2) is 0 Å². The number of ether oxygens (including phenoxy) is 1. The maximum absolute atomic E-state index is 5.80. The van der Waals surface area contributed by atoms with E-state index < -0.39 is 0 Å². The second kappa shape index (κ2) is 9.04. The van der Waals surface area contributed by atoms with E-state index >= 15 is 0 Å². The molecule has 0 spiro atoms. The Morgan fingerprint density at radius 2 is 1.93 bits per heavy atom. The fourth-order valence-corrected chi connectivity index (χ4v) is 3.91. The molecule has 144 valence electrons. The molecular formula is C23H25N3OS. The number of hydrogen-bond donors (Lipinski definition) is 1. The van der Waals surface area contributed by atoms with Crippen LogP contribution in [-0.2, 0) is 19.7 Å². The van der Waals surface area contributed by atoms with E-state index in [9.17, 15) is 0 Å². The van der Waals surface area contributed by atoms with Crippen LogP contribution >= 0.6 is 11.3 Å². The summed E-state index contributed by atoms with van der Waals surface area (Å²) in [5, 5.41) is 7.92. The third-order valence-corrected chi connectivity index (χ3v) is 5.59. The van der Waals surface area contributed by atoms with Gasteiger partial charge in [-0.15, -0.1) is 11.3 Å². The molecule has 0 radical (unpaired) electrons. The molecule has 4 nitrogen and oxygen atoms in total. The van der Waals surface area contributed by atoms with Gasteiger partial charge in [0.1, 0.15) is 17.4 Å². The van der Waals surface area contributed by atoms with Gasteiger partial charge in [-0.3, -0.25) is 0 Å². The number of rotatable bonds is 9. The molecule has 0 unspecified atom stereocenters. The van der Waals surface area contributed by atoms with Crippen LogP contribution in [0.5, 0.6) is 5.75 Å². The van der Waals surface area contributed by atoms with Crippen molar-refractivity contribution in [2.75, 3.05) is 6.54 Å². The molecule has 1 N–H and O–H groups in total. The number of para-hydroxylation sites is 1. The summed E-state index contributed by atoms with van der Waals surface area (Å²) >= 11 is 1.65. The quantitative estimate of drug-likeness (QED) is 0.400. The highest BCUT2D eigenvalue weighted by Gasteiger charge is 2.04. The van der Waals surface area contributed by atoms with Crippen molar-refractivity contribution in [3.8, 4) is 5.75 Å². The topological polar surface area (TPSA) is 39.1 Å². The number of aryl methyl sites for hydroxylation is 2. The highest BCUT2D eigenvalue weighted by Crippen LogP contribution is 2.17. The SMILES string of the molecule is Cc1ccc(OCc2nc(CNCCCn3ccc4ccccc43)cs2)cc1. The summed E-state index contributed by atoms with van der Waals surface area (Å²) in [6.45, 7) is 5.39. The van der Waals surface area contributed by atoms with Gasteiger partial charge in [-0.1, -0.05) is 35.9 Å². The predicted molar refractivity (Wildman–Crippen MR) is 116 cm³/mol. The van der Waals surface area contributed by atoms with Gasteiger partial charge in [-0.05, 0) is 49.5 Å². The van der Waals surface area contributed by atoms with Crippen LogP contribution in [0, 0.1) is 6.92 Å². The van der Waals surface area contributed by atoms with Crippen molar-refractivity contribution in [2.45, 2.75) is 33.0 Å². The van der Waals surface area contributed by atoms with E-state index in [4.69, 9.17) is 4.74 Å². The van der Waals surface area contributed by atoms with Crippen molar-refractivity contribution in [3.63, 3.8) is 0 Å². The van der Waals surface area contributed by atoms with Crippen molar-refractivity contribution >= 4 is 22.2 Å². The monoisotopic (exact) mass is 391 g/mol. The predicted octanol–water partition coefficient (Wildman–Crippen LogP) is 5.17. The van der Waals surface area contributed by atoms with Crippen LogP contribution in [0.25, 0.3) is 10.9 Å². The molecule has 2 aromatic carbocycles. The summed E-state index contributed by atoms with van der Waals surface area (Å²) in [6.07, 6.45) is 3.26. The van der Waals surface area contributed by atoms with Gasteiger partial charge < -0.3 is 14.6 Å². The zero-order valence-electron chi connectivity index (χ0n) is 16.1.